The second-order valence-electron chi connectivity index (χ2n) is 10.1. The summed E-state index contributed by atoms with van der Waals surface area (Å²) in [7, 11) is 0. The van der Waals surface area contributed by atoms with Crippen LogP contribution in [-0.4, -0.2) is 38.1 Å². The smallest absolute Gasteiger partial charge is 0.352 e. The second kappa shape index (κ2) is 14.6. The Morgan fingerprint density at radius 3 is 2.55 bits per heavy atom. The number of hydrogen-bond donors (Lipinski definition) is 2. The SMILES string of the molecule is C[C@@H](CN(Cc1ccccc1C(F)(F)F)C(=S)Nc1ccc(Cl)cc1Cl)NC(=O)Cc1cncn1Cc1ccc(C#N)cc1. The van der Waals surface area contributed by atoms with Gasteiger partial charge in [-0.2, -0.15) is 18.4 Å². The second-order valence-corrected chi connectivity index (χ2v) is 11.3. The third-order valence-electron chi connectivity index (χ3n) is 6.62. The zero-order chi connectivity index (χ0) is 31.9. The van der Waals surface area contributed by atoms with Gasteiger partial charge in [0.05, 0.1) is 40.7 Å². The molecule has 0 bridgehead atoms. The van der Waals surface area contributed by atoms with E-state index in [-0.39, 0.29) is 41.1 Å². The van der Waals surface area contributed by atoms with E-state index in [0.717, 1.165) is 11.6 Å². The van der Waals surface area contributed by atoms with Crippen molar-refractivity contribution >= 4 is 52.1 Å². The molecule has 0 aliphatic rings. The van der Waals surface area contributed by atoms with Crippen LogP contribution in [-0.2, 0) is 30.5 Å². The van der Waals surface area contributed by atoms with Crippen LogP contribution in [0.3, 0.4) is 0 Å². The van der Waals surface area contributed by atoms with Crippen LogP contribution in [0.1, 0.15) is 34.9 Å². The molecule has 228 valence electrons. The number of nitriles is 1. The highest BCUT2D eigenvalue weighted by Crippen LogP contribution is 2.33. The fourth-order valence-corrected chi connectivity index (χ4v) is 5.24. The number of halogens is 5. The van der Waals surface area contributed by atoms with E-state index in [2.05, 4.69) is 21.7 Å². The Labute approximate surface area is 268 Å². The van der Waals surface area contributed by atoms with E-state index >= 15 is 0 Å². The normalized spacial score (nSPS) is 11.8. The van der Waals surface area contributed by atoms with Crippen LogP contribution in [0.2, 0.25) is 10.0 Å². The van der Waals surface area contributed by atoms with Crippen LogP contribution in [0, 0.1) is 11.3 Å². The Kier molecular flexibility index (Phi) is 10.9. The topological polar surface area (TPSA) is 86.0 Å². The van der Waals surface area contributed by atoms with Gasteiger partial charge in [0.15, 0.2) is 5.11 Å². The van der Waals surface area contributed by atoms with Crippen LogP contribution in [0.25, 0.3) is 0 Å². The average Bonchev–Trinajstić information content (AvgIpc) is 3.40. The summed E-state index contributed by atoms with van der Waals surface area (Å²) in [6, 6.07) is 18.7. The molecule has 1 heterocycles. The van der Waals surface area contributed by atoms with Crippen LogP contribution in [0.5, 0.6) is 0 Å². The summed E-state index contributed by atoms with van der Waals surface area (Å²) in [4.78, 5) is 18.8. The number of nitrogens with zero attached hydrogens (tertiary/aromatic N) is 4. The number of rotatable bonds is 10. The van der Waals surface area contributed by atoms with Gasteiger partial charge >= 0.3 is 6.18 Å². The lowest BCUT2D eigenvalue weighted by Crippen LogP contribution is -2.46. The molecule has 4 rings (SSSR count). The van der Waals surface area contributed by atoms with Gasteiger partial charge in [-0.3, -0.25) is 4.79 Å². The first-order valence-electron chi connectivity index (χ1n) is 13.4. The van der Waals surface area contributed by atoms with Crippen molar-refractivity contribution < 1.29 is 18.0 Å². The number of benzene rings is 3. The first kappa shape index (κ1) is 32.8. The van der Waals surface area contributed by atoms with Crippen LogP contribution in [0.4, 0.5) is 18.9 Å². The number of carbonyl (C=O) groups excluding carboxylic acids is 1. The lowest BCUT2D eigenvalue weighted by molar-refractivity contribution is -0.138. The number of aromatic nitrogens is 2. The molecule has 0 radical (unpaired) electrons. The predicted molar refractivity (Wildman–Crippen MR) is 168 cm³/mol. The van der Waals surface area contributed by atoms with Crippen molar-refractivity contribution in [1.82, 2.24) is 19.8 Å². The van der Waals surface area contributed by atoms with Gasteiger partial charge < -0.3 is 20.1 Å². The highest BCUT2D eigenvalue weighted by atomic mass is 35.5. The van der Waals surface area contributed by atoms with Gasteiger partial charge in [-0.05, 0) is 66.7 Å². The lowest BCUT2D eigenvalue weighted by Gasteiger charge is -2.30. The Bertz CT molecular complexity index is 1670. The molecule has 44 heavy (non-hydrogen) atoms. The molecule has 1 aromatic heterocycles. The van der Waals surface area contributed by atoms with Crippen molar-refractivity contribution in [2.75, 3.05) is 11.9 Å². The van der Waals surface area contributed by atoms with Gasteiger partial charge in [0, 0.05) is 42.6 Å². The van der Waals surface area contributed by atoms with Gasteiger partial charge in [0.25, 0.3) is 0 Å². The molecule has 2 N–H and O–H groups in total. The molecule has 3 aromatic carbocycles. The molecule has 0 aliphatic carbocycles. The standard InChI is InChI=1S/C31H27Cl2F3N6OS/c1-20(39-29(43)13-25-15-38-19-42(25)17-22-8-6-21(14-37)7-9-22)16-41(18-23-4-2-3-5-26(23)31(34,35)36)30(44)40-28-11-10-24(32)12-27(28)33/h2-12,15,19-20H,13,16-18H2,1H3,(H,39,43)(H,40,44)/t20-/m0/s1. The maximum Gasteiger partial charge on any atom is 0.416 e. The zero-order valence-electron chi connectivity index (χ0n) is 23.4. The number of nitrogens with one attached hydrogen (secondary N) is 2. The lowest BCUT2D eigenvalue weighted by atomic mass is 10.1. The number of thiocarbonyl (C=S) groups is 1. The van der Waals surface area contributed by atoms with Gasteiger partial charge in [0.1, 0.15) is 0 Å². The summed E-state index contributed by atoms with van der Waals surface area (Å²) >= 11 is 17.9. The van der Waals surface area contributed by atoms with E-state index in [9.17, 15) is 18.0 Å². The predicted octanol–water partition coefficient (Wildman–Crippen LogP) is 7.08. The molecule has 7 nitrogen and oxygen atoms in total. The Morgan fingerprint density at radius 2 is 1.86 bits per heavy atom. The van der Waals surface area contributed by atoms with Crippen molar-refractivity contribution in [3.8, 4) is 6.07 Å². The van der Waals surface area contributed by atoms with Crippen molar-refractivity contribution in [2.24, 2.45) is 0 Å². The Hall–Kier alpha value is -4.11. The van der Waals surface area contributed by atoms with Crippen LogP contribution < -0.4 is 10.6 Å². The monoisotopic (exact) mass is 658 g/mol. The molecule has 0 spiro atoms. The van der Waals surface area contributed by atoms with Gasteiger partial charge in [-0.15, -0.1) is 0 Å². The molecule has 0 aliphatic heterocycles. The summed E-state index contributed by atoms with van der Waals surface area (Å²) in [5.41, 5.74) is 1.84. The summed E-state index contributed by atoms with van der Waals surface area (Å²) in [6.07, 6.45) is -1.31. The van der Waals surface area contributed by atoms with Gasteiger partial charge in [0.2, 0.25) is 5.91 Å². The first-order valence-corrected chi connectivity index (χ1v) is 14.5. The number of hydrogen-bond acceptors (Lipinski definition) is 4. The minimum atomic E-state index is -4.56. The fraction of sp³-hybridized carbons (Fsp3) is 0.226. The Morgan fingerprint density at radius 1 is 1.14 bits per heavy atom. The van der Waals surface area contributed by atoms with E-state index < -0.39 is 17.8 Å². The number of imidazole rings is 1. The maximum atomic E-state index is 13.8. The maximum absolute atomic E-state index is 13.8. The zero-order valence-corrected chi connectivity index (χ0v) is 25.7. The molecule has 0 saturated carbocycles. The van der Waals surface area contributed by atoms with Crippen LogP contribution >= 0.6 is 35.4 Å². The van der Waals surface area contributed by atoms with Gasteiger partial charge in [-0.1, -0.05) is 53.5 Å². The highest BCUT2D eigenvalue weighted by Gasteiger charge is 2.33. The Balaban J connectivity index is 1.47. The van der Waals surface area contributed by atoms with Crippen molar-refractivity contribution in [3.05, 3.63) is 117 Å². The fourth-order valence-electron chi connectivity index (χ4n) is 4.53. The summed E-state index contributed by atoms with van der Waals surface area (Å²) < 4.78 is 43.2. The molecule has 0 fully saturated rings. The largest absolute Gasteiger partial charge is 0.416 e. The van der Waals surface area contributed by atoms with E-state index in [0.29, 0.717) is 28.5 Å². The molecule has 1 amide bonds. The summed E-state index contributed by atoms with van der Waals surface area (Å²) in [6.45, 7) is 2.12. The minimum Gasteiger partial charge on any atom is -0.352 e. The summed E-state index contributed by atoms with van der Waals surface area (Å²) in [5.74, 6) is -0.297. The molecule has 4 aromatic rings. The van der Waals surface area contributed by atoms with E-state index in [1.54, 1.807) is 48.6 Å². The number of anilines is 1. The average molecular weight is 660 g/mol. The van der Waals surface area contributed by atoms with Crippen LogP contribution in [0.15, 0.2) is 79.3 Å². The van der Waals surface area contributed by atoms with E-state index in [1.807, 2.05) is 16.7 Å². The van der Waals surface area contributed by atoms with Gasteiger partial charge in [-0.25, -0.2) is 4.98 Å². The molecule has 13 heteroatoms. The molecular formula is C31H27Cl2F3N6OS. The van der Waals surface area contributed by atoms with E-state index in [1.165, 1.54) is 24.3 Å². The first-order chi connectivity index (χ1) is 20.9. The van der Waals surface area contributed by atoms with E-state index in [4.69, 9.17) is 40.7 Å². The highest BCUT2D eigenvalue weighted by molar-refractivity contribution is 7.80. The molecular weight excluding hydrogens is 632 g/mol. The number of alkyl halides is 3. The van der Waals surface area contributed by atoms with Crippen molar-refractivity contribution in [2.45, 2.75) is 38.7 Å². The molecule has 0 unspecified atom stereocenters. The summed E-state index contributed by atoms with van der Waals surface area (Å²) in [5, 5.41) is 15.7. The number of amides is 1. The quantitative estimate of drug-likeness (QED) is 0.177. The van der Waals surface area contributed by atoms with Crippen molar-refractivity contribution in [1.29, 1.82) is 5.26 Å². The third kappa shape index (κ3) is 8.95. The minimum absolute atomic E-state index is 0.0246. The van der Waals surface area contributed by atoms with Crippen molar-refractivity contribution in [3.63, 3.8) is 0 Å². The molecule has 1 atom stereocenters. The third-order valence-corrected chi connectivity index (χ3v) is 7.53. The number of carbonyl (C=O) groups is 1. The molecule has 0 saturated heterocycles.